The number of nitrogens with one attached hydrogen (secondary N) is 3. The zero-order valence-electron chi connectivity index (χ0n) is 18.3. The molecule has 3 N–H and O–H groups in total. The molecule has 0 bridgehead atoms. The van der Waals surface area contributed by atoms with Crippen LogP contribution in [0.15, 0.2) is 76.5 Å². The Bertz CT molecular complexity index is 1410. The molecule has 186 valence electrons. The van der Waals surface area contributed by atoms with Gasteiger partial charge in [-0.2, -0.15) is 0 Å². The molecular formula is C22H21Cl2N3O6S2. The van der Waals surface area contributed by atoms with Crippen molar-refractivity contribution in [1.82, 2.24) is 4.72 Å². The van der Waals surface area contributed by atoms with Crippen molar-refractivity contribution in [2.24, 2.45) is 0 Å². The summed E-state index contributed by atoms with van der Waals surface area (Å²) in [6.45, 7) is 0.331. The molecule has 0 saturated heterocycles. The van der Waals surface area contributed by atoms with E-state index < -0.39 is 26.0 Å². The molecule has 3 aromatic rings. The number of rotatable bonds is 10. The van der Waals surface area contributed by atoms with Crippen molar-refractivity contribution < 1.29 is 26.4 Å². The van der Waals surface area contributed by atoms with Crippen LogP contribution < -0.4 is 14.8 Å². The predicted octanol–water partition coefficient (Wildman–Crippen LogP) is 3.97. The van der Waals surface area contributed by atoms with E-state index in [1.54, 1.807) is 0 Å². The molecule has 3 rings (SSSR count). The van der Waals surface area contributed by atoms with Gasteiger partial charge in [0.2, 0.25) is 10.0 Å². The maximum absolute atomic E-state index is 12.9. The fraction of sp³-hybridized carbons (Fsp3) is 0.136. The molecule has 0 unspecified atom stereocenters. The number of hydrogen-bond acceptors (Lipinski definition) is 6. The summed E-state index contributed by atoms with van der Waals surface area (Å²) in [4.78, 5) is 12.9. The number of amides is 1. The number of halogens is 2. The number of benzene rings is 3. The fourth-order valence-corrected chi connectivity index (χ4v) is 5.28. The molecule has 3 aromatic carbocycles. The summed E-state index contributed by atoms with van der Waals surface area (Å²) >= 11 is 11.9. The summed E-state index contributed by atoms with van der Waals surface area (Å²) in [5.74, 6) is -0.657. The first-order valence-corrected chi connectivity index (χ1v) is 13.7. The molecular weight excluding hydrogens is 537 g/mol. The maximum atomic E-state index is 12.9. The smallest absolute Gasteiger partial charge is 0.261 e. The van der Waals surface area contributed by atoms with Gasteiger partial charge in [0.05, 0.1) is 27.6 Å². The zero-order valence-corrected chi connectivity index (χ0v) is 21.4. The van der Waals surface area contributed by atoms with E-state index in [1.807, 2.05) is 0 Å². The molecule has 0 aliphatic heterocycles. The highest BCUT2D eigenvalue weighted by Gasteiger charge is 2.20. The molecule has 1 amide bonds. The number of carbonyl (C=O) groups excluding carboxylic acids is 1. The van der Waals surface area contributed by atoms with Gasteiger partial charge in [-0.1, -0.05) is 23.2 Å². The first-order valence-electron chi connectivity index (χ1n) is 10.00. The van der Waals surface area contributed by atoms with Crippen LogP contribution in [0.25, 0.3) is 0 Å². The Kier molecular flexibility index (Phi) is 8.75. The van der Waals surface area contributed by atoms with E-state index in [0.717, 1.165) is 0 Å². The molecule has 0 radical (unpaired) electrons. The molecule has 0 spiro atoms. The molecule has 0 saturated carbocycles. The number of methoxy groups -OCH3 is 1. The Hall–Kier alpha value is -2.67. The van der Waals surface area contributed by atoms with Gasteiger partial charge in [-0.15, -0.1) is 0 Å². The van der Waals surface area contributed by atoms with Crippen LogP contribution in [0.5, 0.6) is 0 Å². The minimum atomic E-state index is -4.02. The SMILES string of the molecule is COCCNS(=O)(=O)c1ccc(NC(=O)c2cc(Cl)ccc2NS(=O)(=O)c2ccc(Cl)cc2)cc1. The summed E-state index contributed by atoms with van der Waals surface area (Å²) in [6, 6.07) is 15.1. The van der Waals surface area contributed by atoms with Crippen LogP contribution in [0.2, 0.25) is 10.0 Å². The third-order valence-electron chi connectivity index (χ3n) is 4.62. The van der Waals surface area contributed by atoms with Crippen LogP contribution in [0.4, 0.5) is 11.4 Å². The number of sulfonamides is 2. The van der Waals surface area contributed by atoms with E-state index in [-0.39, 0.29) is 44.9 Å². The number of hydrogen-bond donors (Lipinski definition) is 3. The molecule has 13 heteroatoms. The van der Waals surface area contributed by atoms with Crippen LogP contribution in [0.3, 0.4) is 0 Å². The standard InChI is InChI=1S/C22H21Cl2N3O6S2/c1-33-13-12-25-34(29,30)18-9-5-17(6-10-18)26-22(28)20-14-16(24)4-11-21(20)27-35(31,32)19-7-2-15(23)3-8-19/h2-11,14,25,27H,12-13H2,1H3,(H,26,28). The van der Waals surface area contributed by atoms with Crippen molar-refractivity contribution in [2.75, 3.05) is 30.3 Å². The predicted molar refractivity (Wildman–Crippen MR) is 135 cm³/mol. The van der Waals surface area contributed by atoms with E-state index in [0.29, 0.717) is 5.02 Å². The van der Waals surface area contributed by atoms with Crippen molar-refractivity contribution in [2.45, 2.75) is 9.79 Å². The molecule has 0 atom stereocenters. The molecule has 0 aliphatic rings. The lowest BCUT2D eigenvalue weighted by atomic mass is 10.1. The van der Waals surface area contributed by atoms with Crippen LogP contribution in [0, 0.1) is 0 Å². The highest BCUT2D eigenvalue weighted by molar-refractivity contribution is 7.92. The van der Waals surface area contributed by atoms with Gasteiger partial charge in [0, 0.05) is 29.4 Å². The van der Waals surface area contributed by atoms with E-state index in [1.165, 1.54) is 73.8 Å². The van der Waals surface area contributed by atoms with Gasteiger partial charge in [-0.25, -0.2) is 21.6 Å². The number of carbonyl (C=O) groups is 1. The van der Waals surface area contributed by atoms with E-state index in [2.05, 4.69) is 14.8 Å². The van der Waals surface area contributed by atoms with Crippen molar-refractivity contribution >= 4 is 60.5 Å². The van der Waals surface area contributed by atoms with Gasteiger partial charge in [0.15, 0.2) is 0 Å². The van der Waals surface area contributed by atoms with Crippen LogP contribution in [0.1, 0.15) is 10.4 Å². The Balaban J connectivity index is 1.80. The third-order valence-corrected chi connectivity index (χ3v) is 7.96. The monoisotopic (exact) mass is 557 g/mol. The quantitative estimate of drug-likeness (QED) is 0.323. The topological polar surface area (TPSA) is 131 Å². The number of ether oxygens (including phenoxy) is 1. The van der Waals surface area contributed by atoms with Crippen molar-refractivity contribution in [1.29, 1.82) is 0 Å². The lowest BCUT2D eigenvalue weighted by molar-refractivity contribution is 0.102. The van der Waals surface area contributed by atoms with Crippen molar-refractivity contribution in [3.63, 3.8) is 0 Å². The second-order valence-electron chi connectivity index (χ2n) is 7.12. The van der Waals surface area contributed by atoms with E-state index in [4.69, 9.17) is 27.9 Å². The maximum Gasteiger partial charge on any atom is 0.261 e. The minimum absolute atomic E-state index is 0.00314. The zero-order chi connectivity index (χ0) is 25.6. The first-order chi connectivity index (χ1) is 16.5. The van der Waals surface area contributed by atoms with Crippen LogP contribution in [-0.2, 0) is 24.8 Å². The Morgan fingerprint density at radius 3 is 2.03 bits per heavy atom. The molecule has 0 fully saturated rings. The van der Waals surface area contributed by atoms with Gasteiger partial charge in [0.1, 0.15) is 0 Å². The molecule has 0 aliphatic carbocycles. The average Bonchev–Trinajstić information content (AvgIpc) is 2.81. The third kappa shape index (κ3) is 7.17. The molecule has 0 aromatic heterocycles. The highest BCUT2D eigenvalue weighted by atomic mass is 35.5. The number of anilines is 2. The average molecular weight is 558 g/mol. The Morgan fingerprint density at radius 1 is 0.829 bits per heavy atom. The Morgan fingerprint density at radius 2 is 1.40 bits per heavy atom. The Labute approximate surface area is 213 Å². The summed E-state index contributed by atoms with van der Waals surface area (Å²) in [5, 5.41) is 3.20. The van der Waals surface area contributed by atoms with Gasteiger partial charge in [-0.05, 0) is 66.7 Å². The lowest BCUT2D eigenvalue weighted by Gasteiger charge is -2.14. The van der Waals surface area contributed by atoms with Crippen molar-refractivity contribution in [3.05, 3.63) is 82.3 Å². The minimum Gasteiger partial charge on any atom is -0.383 e. The second-order valence-corrected chi connectivity index (χ2v) is 11.4. The summed E-state index contributed by atoms with van der Waals surface area (Å²) in [7, 11) is -6.30. The van der Waals surface area contributed by atoms with Crippen LogP contribution >= 0.6 is 23.2 Å². The van der Waals surface area contributed by atoms with E-state index in [9.17, 15) is 21.6 Å². The lowest BCUT2D eigenvalue weighted by Crippen LogP contribution is -2.27. The largest absolute Gasteiger partial charge is 0.383 e. The second kappa shape index (κ2) is 11.4. The molecule has 9 nitrogen and oxygen atoms in total. The normalized spacial score (nSPS) is 11.7. The van der Waals surface area contributed by atoms with Gasteiger partial charge < -0.3 is 10.1 Å². The summed E-state index contributed by atoms with van der Waals surface area (Å²) in [6.07, 6.45) is 0. The van der Waals surface area contributed by atoms with Crippen LogP contribution in [-0.4, -0.2) is 43.0 Å². The van der Waals surface area contributed by atoms with Gasteiger partial charge in [0.25, 0.3) is 15.9 Å². The van der Waals surface area contributed by atoms with Crippen molar-refractivity contribution in [3.8, 4) is 0 Å². The molecule has 35 heavy (non-hydrogen) atoms. The highest BCUT2D eigenvalue weighted by Crippen LogP contribution is 2.26. The molecule has 0 heterocycles. The fourth-order valence-electron chi connectivity index (χ4n) is 2.89. The van der Waals surface area contributed by atoms with E-state index >= 15 is 0 Å². The van der Waals surface area contributed by atoms with Gasteiger partial charge in [-0.3, -0.25) is 9.52 Å². The van der Waals surface area contributed by atoms with Gasteiger partial charge >= 0.3 is 0 Å². The summed E-state index contributed by atoms with van der Waals surface area (Å²) < 4.78 is 59.7. The first kappa shape index (κ1) is 26.9. The summed E-state index contributed by atoms with van der Waals surface area (Å²) in [5.41, 5.74) is 0.258.